The zero-order valence-corrected chi connectivity index (χ0v) is 63.5. The number of amides is 1. The molecule has 0 radical (unpaired) electrons. The summed E-state index contributed by atoms with van der Waals surface area (Å²) >= 11 is 0. The van der Waals surface area contributed by atoms with Gasteiger partial charge in [-0.1, -0.05) is 449 Å². The SMILES string of the molecule is CCCCCCCC/C=C\CCCCCCCCCCCC(=O)OCCCCCCCCCCCCCCCCCCCCCCCCCCCCCCCCCCCCCCCCCC(=O)NC(CO)C(O)/C=C/CCCCCCCCCCCCCCCCCC. The second kappa shape index (κ2) is 82.8. The van der Waals surface area contributed by atoms with E-state index in [0.717, 1.165) is 38.5 Å². The van der Waals surface area contributed by atoms with Crippen LogP contribution < -0.4 is 5.32 Å². The van der Waals surface area contributed by atoms with Gasteiger partial charge < -0.3 is 20.3 Å². The van der Waals surface area contributed by atoms with E-state index in [4.69, 9.17) is 4.74 Å². The van der Waals surface area contributed by atoms with Crippen molar-refractivity contribution in [3.05, 3.63) is 24.3 Å². The number of hydrogen-bond acceptors (Lipinski definition) is 5. The van der Waals surface area contributed by atoms with Crippen molar-refractivity contribution in [1.29, 1.82) is 0 Å². The van der Waals surface area contributed by atoms with Crippen molar-refractivity contribution in [1.82, 2.24) is 5.32 Å². The molecule has 0 fully saturated rings. The highest BCUT2D eigenvalue weighted by Gasteiger charge is 2.18. The Bertz CT molecular complexity index is 1460. The number of aliphatic hydroxyl groups is 2. The molecule has 6 nitrogen and oxygen atoms in total. The average Bonchev–Trinajstić information content (AvgIpc) is 3.68. The molecular formula is C87H169NO5. The number of nitrogens with one attached hydrogen (secondary N) is 1. The number of unbranched alkanes of at least 4 members (excludes halogenated alkanes) is 69. The Morgan fingerprint density at radius 2 is 0.505 bits per heavy atom. The number of allylic oxidation sites excluding steroid dienone is 3. The molecule has 552 valence electrons. The first-order valence-corrected chi connectivity index (χ1v) is 43.1. The maximum absolute atomic E-state index is 12.5. The molecule has 93 heavy (non-hydrogen) atoms. The minimum Gasteiger partial charge on any atom is -0.466 e. The van der Waals surface area contributed by atoms with Crippen molar-refractivity contribution in [2.45, 2.75) is 508 Å². The monoisotopic (exact) mass is 1310 g/mol. The zero-order valence-electron chi connectivity index (χ0n) is 63.5. The van der Waals surface area contributed by atoms with Gasteiger partial charge in [-0.2, -0.15) is 0 Å². The predicted molar refractivity (Wildman–Crippen MR) is 412 cm³/mol. The van der Waals surface area contributed by atoms with Gasteiger partial charge in [0.2, 0.25) is 5.91 Å². The molecule has 0 saturated carbocycles. The summed E-state index contributed by atoms with van der Waals surface area (Å²) in [7, 11) is 0. The Morgan fingerprint density at radius 3 is 0.763 bits per heavy atom. The molecule has 3 N–H and O–H groups in total. The summed E-state index contributed by atoms with van der Waals surface area (Å²) in [5.74, 6) is -0.0327. The Balaban J connectivity index is 3.29. The second-order valence-corrected chi connectivity index (χ2v) is 29.9. The molecule has 0 aromatic heterocycles. The molecular weight excluding hydrogens is 1140 g/mol. The summed E-state index contributed by atoms with van der Waals surface area (Å²) in [6.45, 7) is 4.96. The van der Waals surface area contributed by atoms with Crippen LogP contribution in [-0.4, -0.2) is 47.4 Å². The number of esters is 1. The van der Waals surface area contributed by atoms with Crippen LogP contribution in [0, 0.1) is 0 Å². The van der Waals surface area contributed by atoms with Crippen molar-refractivity contribution in [3.63, 3.8) is 0 Å². The van der Waals surface area contributed by atoms with E-state index in [1.165, 1.54) is 430 Å². The largest absolute Gasteiger partial charge is 0.466 e. The maximum atomic E-state index is 12.5. The molecule has 0 aromatic carbocycles. The molecule has 6 heteroatoms. The van der Waals surface area contributed by atoms with Crippen LogP contribution in [-0.2, 0) is 14.3 Å². The lowest BCUT2D eigenvalue weighted by atomic mass is 10.0. The molecule has 0 aliphatic carbocycles. The molecule has 2 unspecified atom stereocenters. The molecule has 0 heterocycles. The van der Waals surface area contributed by atoms with E-state index in [1.54, 1.807) is 6.08 Å². The fourth-order valence-corrected chi connectivity index (χ4v) is 13.9. The van der Waals surface area contributed by atoms with Crippen molar-refractivity contribution in [2.75, 3.05) is 13.2 Å². The Labute approximate surface area is 583 Å². The molecule has 2 atom stereocenters. The lowest BCUT2D eigenvalue weighted by molar-refractivity contribution is -0.143. The van der Waals surface area contributed by atoms with E-state index in [1.807, 2.05) is 6.08 Å². The number of carbonyl (C=O) groups excluding carboxylic acids is 2. The predicted octanol–water partition coefficient (Wildman–Crippen LogP) is 28.8. The minimum atomic E-state index is -0.840. The molecule has 0 saturated heterocycles. The number of hydrogen-bond donors (Lipinski definition) is 3. The first-order valence-electron chi connectivity index (χ1n) is 43.1. The lowest BCUT2D eigenvalue weighted by Gasteiger charge is -2.20. The molecule has 0 spiro atoms. The van der Waals surface area contributed by atoms with Crippen LogP contribution in [0.3, 0.4) is 0 Å². The van der Waals surface area contributed by atoms with E-state index < -0.39 is 12.1 Å². The van der Waals surface area contributed by atoms with Crippen LogP contribution in [0.5, 0.6) is 0 Å². The molecule has 0 aromatic rings. The third kappa shape index (κ3) is 79.2. The highest BCUT2D eigenvalue weighted by atomic mass is 16.5. The van der Waals surface area contributed by atoms with Crippen LogP contribution in [0.2, 0.25) is 0 Å². The third-order valence-corrected chi connectivity index (χ3v) is 20.5. The van der Waals surface area contributed by atoms with Gasteiger partial charge in [-0.25, -0.2) is 0 Å². The first kappa shape index (κ1) is 91.3. The minimum absolute atomic E-state index is 0.0246. The van der Waals surface area contributed by atoms with Gasteiger partial charge in [0.05, 0.1) is 25.4 Å². The Morgan fingerprint density at radius 1 is 0.290 bits per heavy atom. The standard InChI is InChI=1S/C87H169NO5/c1-3-5-7-9-11-13-15-17-19-21-44-49-53-57-61-65-69-73-77-81-87(92)93-82-78-74-70-66-62-58-54-50-46-43-41-39-37-35-33-31-29-27-25-23-24-26-28-30-32-34-36-38-40-42-45-48-52-56-60-64-68-72-76-80-86(91)88-84(83-89)85(90)79-75-71-67-63-59-55-51-47-22-20-18-16-14-12-10-8-6-4-2/h17,19,75,79,84-85,89-90H,3-16,18,20-74,76-78,80-83H2,1-2H3,(H,88,91)/b19-17-,79-75+. The summed E-state index contributed by atoms with van der Waals surface area (Å²) in [6.07, 6.45) is 108. The van der Waals surface area contributed by atoms with Crippen molar-refractivity contribution < 1.29 is 24.5 Å². The molecule has 0 bridgehead atoms. The van der Waals surface area contributed by atoms with Gasteiger partial charge in [0.25, 0.3) is 0 Å². The van der Waals surface area contributed by atoms with Gasteiger partial charge in [-0.05, 0) is 57.8 Å². The zero-order chi connectivity index (χ0) is 67.0. The Kier molecular flexibility index (Phi) is 81.3. The van der Waals surface area contributed by atoms with Gasteiger partial charge in [0.15, 0.2) is 0 Å². The highest BCUT2D eigenvalue weighted by Crippen LogP contribution is 2.21. The van der Waals surface area contributed by atoms with Gasteiger partial charge in [0.1, 0.15) is 0 Å². The van der Waals surface area contributed by atoms with E-state index in [9.17, 15) is 19.8 Å². The fraction of sp³-hybridized carbons (Fsp3) is 0.931. The van der Waals surface area contributed by atoms with Crippen LogP contribution in [0.25, 0.3) is 0 Å². The van der Waals surface area contributed by atoms with E-state index in [-0.39, 0.29) is 18.5 Å². The number of aliphatic hydroxyl groups excluding tert-OH is 2. The highest BCUT2D eigenvalue weighted by molar-refractivity contribution is 5.76. The average molecular weight is 1310 g/mol. The van der Waals surface area contributed by atoms with Gasteiger partial charge >= 0.3 is 5.97 Å². The topological polar surface area (TPSA) is 95.9 Å². The van der Waals surface area contributed by atoms with Gasteiger partial charge in [-0.15, -0.1) is 0 Å². The molecule has 0 aliphatic heterocycles. The van der Waals surface area contributed by atoms with Gasteiger partial charge in [-0.3, -0.25) is 9.59 Å². The maximum Gasteiger partial charge on any atom is 0.305 e. The summed E-state index contributed by atoms with van der Waals surface area (Å²) in [4.78, 5) is 24.7. The summed E-state index contributed by atoms with van der Waals surface area (Å²) in [6, 6.07) is -0.623. The molecule has 0 aliphatic rings. The summed E-state index contributed by atoms with van der Waals surface area (Å²) < 4.78 is 5.52. The molecule has 1 amide bonds. The second-order valence-electron chi connectivity index (χ2n) is 29.9. The lowest BCUT2D eigenvalue weighted by Crippen LogP contribution is -2.45. The third-order valence-electron chi connectivity index (χ3n) is 20.5. The quantitative estimate of drug-likeness (QED) is 0.0320. The van der Waals surface area contributed by atoms with Crippen molar-refractivity contribution in [3.8, 4) is 0 Å². The first-order chi connectivity index (χ1) is 46.0. The van der Waals surface area contributed by atoms with Crippen LogP contribution >= 0.6 is 0 Å². The number of rotatable bonds is 82. The molecule has 0 rings (SSSR count). The van der Waals surface area contributed by atoms with E-state index in [2.05, 4.69) is 31.3 Å². The van der Waals surface area contributed by atoms with Crippen LogP contribution in [0.4, 0.5) is 0 Å². The number of ether oxygens (including phenoxy) is 1. The smallest absolute Gasteiger partial charge is 0.305 e. The van der Waals surface area contributed by atoms with E-state index >= 15 is 0 Å². The summed E-state index contributed by atoms with van der Waals surface area (Å²) in [5, 5.41) is 23.3. The van der Waals surface area contributed by atoms with Crippen LogP contribution in [0.1, 0.15) is 495 Å². The van der Waals surface area contributed by atoms with Gasteiger partial charge in [0, 0.05) is 12.8 Å². The summed E-state index contributed by atoms with van der Waals surface area (Å²) in [5.41, 5.74) is 0. The van der Waals surface area contributed by atoms with E-state index in [0.29, 0.717) is 19.4 Å². The van der Waals surface area contributed by atoms with Crippen LogP contribution in [0.15, 0.2) is 24.3 Å². The number of carbonyl (C=O) groups is 2. The normalized spacial score (nSPS) is 12.5. The van der Waals surface area contributed by atoms with Crippen molar-refractivity contribution in [2.24, 2.45) is 0 Å². The van der Waals surface area contributed by atoms with Crippen molar-refractivity contribution >= 4 is 11.9 Å². The Hall–Kier alpha value is -1.66. The fourth-order valence-electron chi connectivity index (χ4n) is 13.9.